The van der Waals surface area contributed by atoms with E-state index in [9.17, 15) is 0 Å². The zero-order valence-corrected chi connectivity index (χ0v) is 13.8. The molecule has 0 aromatic carbocycles. The average Bonchev–Trinajstić information content (AvgIpc) is 3.07. The fourth-order valence-electron chi connectivity index (χ4n) is 4.12. The highest BCUT2D eigenvalue weighted by Gasteiger charge is 2.34. The normalized spacial score (nSPS) is 30.4. The average molecular weight is 280 g/mol. The summed E-state index contributed by atoms with van der Waals surface area (Å²) in [7, 11) is 0. The SMILES string of the molecule is CC(C)CCCCCCNC1CCCC1C1CCCN1. The van der Waals surface area contributed by atoms with Crippen LogP contribution in [0.4, 0.5) is 0 Å². The Labute approximate surface area is 126 Å². The largest absolute Gasteiger partial charge is 0.314 e. The Kier molecular flexibility index (Phi) is 7.37. The van der Waals surface area contributed by atoms with Gasteiger partial charge in [-0.3, -0.25) is 0 Å². The van der Waals surface area contributed by atoms with E-state index < -0.39 is 0 Å². The number of rotatable bonds is 9. The molecule has 0 bridgehead atoms. The van der Waals surface area contributed by atoms with Gasteiger partial charge in [0.2, 0.25) is 0 Å². The molecule has 118 valence electrons. The molecule has 0 radical (unpaired) electrons. The van der Waals surface area contributed by atoms with E-state index in [0.717, 1.165) is 23.9 Å². The van der Waals surface area contributed by atoms with Gasteiger partial charge in [0.1, 0.15) is 0 Å². The number of unbranched alkanes of at least 4 members (excludes halogenated alkanes) is 3. The lowest BCUT2D eigenvalue weighted by Gasteiger charge is -2.26. The van der Waals surface area contributed by atoms with E-state index in [1.807, 2.05) is 0 Å². The monoisotopic (exact) mass is 280 g/mol. The van der Waals surface area contributed by atoms with Gasteiger partial charge in [-0.1, -0.05) is 46.0 Å². The molecule has 1 aliphatic heterocycles. The van der Waals surface area contributed by atoms with Gasteiger partial charge in [-0.25, -0.2) is 0 Å². The lowest BCUT2D eigenvalue weighted by molar-refractivity contribution is 0.319. The Hall–Kier alpha value is -0.0800. The van der Waals surface area contributed by atoms with Crippen LogP contribution in [-0.2, 0) is 0 Å². The zero-order valence-electron chi connectivity index (χ0n) is 13.8. The molecule has 3 atom stereocenters. The number of hydrogen-bond donors (Lipinski definition) is 2. The number of nitrogens with one attached hydrogen (secondary N) is 2. The van der Waals surface area contributed by atoms with Crippen molar-refractivity contribution in [3.63, 3.8) is 0 Å². The van der Waals surface area contributed by atoms with Crippen LogP contribution >= 0.6 is 0 Å². The second-order valence-electron chi connectivity index (χ2n) is 7.45. The van der Waals surface area contributed by atoms with Crippen molar-refractivity contribution in [1.82, 2.24) is 10.6 Å². The van der Waals surface area contributed by atoms with Gasteiger partial charge in [-0.2, -0.15) is 0 Å². The van der Waals surface area contributed by atoms with E-state index >= 15 is 0 Å². The van der Waals surface area contributed by atoms with Crippen LogP contribution in [0.3, 0.4) is 0 Å². The topological polar surface area (TPSA) is 24.1 Å². The Bertz CT molecular complexity index is 246. The minimum Gasteiger partial charge on any atom is -0.314 e. The van der Waals surface area contributed by atoms with Crippen LogP contribution in [0.2, 0.25) is 0 Å². The molecular formula is C18H36N2. The van der Waals surface area contributed by atoms with Crippen LogP contribution in [0.5, 0.6) is 0 Å². The Morgan fingerprint density at radius 3 is 2.60 bits per heavy atom. The lowest BCUT2D eigenvalue weighted by atomic mass is 9.93. The molecule has 2 rings (SSSR count). The molecule has 1 saturated heterocycles. The van der Waals surface area contributed by atoms with Gasteiger partial charge >= 0.3 is 0 Å². The minimum absolute atomic E-state index is 0.807. The standard InChI is InChI=1S/C18H36N2/c1-15(2)9-5-3-4-6-13-19-17-11-7-10-16(17)18-12-8-14-20-18/h15-20H,3-14H2,1-2H3. The zero-order chi connectivity index (χ0) is 14.2. The maximum atomic E-state index is 3.87. The van der Waals surface area contributed by atoms with Crippen LogP contribution in [-0.4, -0.2) is 25.2 Å². The molecule has 0 amide bonds. The molecule has 0 aromatic heterocycles. The van der Waals surface area contributed by atoms with E-state index in [-0.39, 0.29) is 0 Å². The molecule has 3 unspecified atom stereocenters. The second kappa shape index (κ2) is 9.04. The molecular weight excluding hydrogens is 244 g/mol. The van der Waals surface area contributed by atoms with Gasteiger partial charge in [0, 0.05) is 12.1 Å². The molecule has 1 aliphatic carbocycles. The molecule has 0 aromatic rings. The maximum absolute atomic E-state index is 3.87. The minimum atomic E-state index is 0.807. The van der Waals surface area contributed by atoms with Gasteiger partial charge < -0.3 is 10.6 Å². The highest BCUT2D eigenvalue weighted by molar-refractivity contribution is 4.93. The van der Waals surface area contributed by atoms with Crippen molar-refractivity contribution in [2.75, 3.05) is 13.1 Å². The summed E-state index contributed by atoms with van der Waals surface area (Å²) in [5.41, 5.74) is 0. The first-order valence-corrected chi connectivity index (χ1v) is 9.24. The van der Waals surface area contributed by atoms with E-state index in [1.54, 1.807) is 0 Å². The quantitative estimate of drug-likeness (QED) is 0.621. The molecule has 20 heavy (non-hydrogen) atoms. The summed E-state index contributed by atoms with van der Waals surface area (Å²) in [4.78, 5) is 0. The van der Waals surface area contributed by atoms with Crippen LogP contribution in [0.25, 0.3) is 0 Å². The lowest BCUT2D eigenvalue weighted by Crippen LogP contribution is -2.42. The van der Waals surface area contributed by atoms with Crippen molar-refractivity contribution >= 4 is 0 Å². The highest BCUT2D eigenvalue weighted by Crippen LogP contribution is 2.31. The van der Waals surface area contributed by atoms with Gasteiger partial charge in [0.25, 0.3) is 0 Å². The van der Waals surface area contributed by atoms with Crippen molar-refractivity contribution in [2.45, 2.75) is 90.1 Å². The second-order valence-corrected chi connectivity index (χ2v) is 7.45. The third kappa shape index (κ3) is 5.37. The van der Waals surface area contributed by atoms with E-state index in [2.05, 4.69) is 24.5 Å². The molecule has 2 heteroatoms. The Morgan fingerprint density at radius 1 is 1.00 bits per heavy atom. The first-order valence-electron chi connectivity index (χ1n) is 9.24. The van der Waals surface area contributed by atoms with Crippen molar-refractivity contribution < 1.29 is 0 Å². The number of hydrogen-bond acceptors (Lipinski definition) is 2. The Balaban J connectivity index is 1.52. The fraction of sp³-hybridized carbons (Fsp3) is 1.00. The summed E-state index contributed by atoms with van der Waals surface area (Å²) in [5.74, 6) is 1.80. The fourth-order valence-corrected chi connectivity index (χ4v) is 4.12. The summed E-state index contributed by atoms with van der Waals surface area (Å²) < 4.78 is 0. The summed E-state index contributed by atoms with van der Waals surface area (Å²) in [5, 5.41) is 7.59. The first kappa shape index (κ1) is 16.3. The molecule has 1 saturated carbocycles. The third-order valence-corrected chi connectivity index (χ3v) is 5.30. The molecule has 2 N–H and O–H groups in total. The first-order chi connectivity index (χ1) is 9.77. The molecule has 2 fully saturated rings. The van der Waals surface area contributed by atoms with Gasteiger partial charge in [-0.15, -0.1) is 0 Å². The maximum Gasteiger partial charge on any atom is 0.0111 e. The van der Waals surface area contributed by atoms with Crippen LogP contribution in [0.15, 0.2) is 0 Å². The molecule has 2 aliphatic rings. The van der Waals surface area contributed by atoms with Gasteiger partial charge in [0.05, 0.1) is 0 Å². The third-order valence-electron chi connectivity index (χ3n) is 5.30. The summed E-state index contributed by atoms with van der Waals surface area (Å²) >= 11 is 0. The van der Waals surface area contributed by atoms with Crippen molar-refractivity contribution in [3.8, 4) is 0 Å². The van der Waals surface area contributed by atoms with Gasteiger partial charge in [0.15, 0.2) is 0 Å². The highest BCUT2D eigenvalue weighted by atomic mass is 15.0. The predicted molar refractivity (Wildman–Crippen MR) is 88.1 cm³/mol. The molecule has 2 nitrogen and oxygen atoms in total. The van der Waals surface area contributed by atoms with E-state index in [4.69, 9.17) is 0 Å². The molecule has 1 heterocycles. The van der Waals surface area contributed by atoms with Crippen molar-refractivity contribution in [1.29, 1.82) is 0 Å². The van der Waals surface area contributed by atoms with Crippen LogP contribution < -0.4 is 10.6 Å². The molecule has 0 spiro atoms. The van der Waals surface area contributed by atoms with Crippen molar-refractivity contribution in [2.24, 2.45) is 11.8 Å². The Morgan fingerprint density at radius 2 is 1.85 bits per heavy atom. The smallest absolute Gasteiger partial charge is 0.0111 e. The summed E-state index contributed by atoms with van der Waals surface area (Å²) in [6.45, 7) is 7.16. The van der Waals surface area contributed by atoms with Crippen molar-refractivity contribution in [3.05, 3.63) is 0 Å². The van der Waals surface area contributed by atoms with Crippen LogP contribution in [0.1, 0.15) is 78.1 Å². The van der Waals surface area contributed by atoms with E-state index in [0.29, 0.717) is 0 Å². The van der Waals surface area contributed by atoms with Crippen LogP contribution in [0, 0.1) is 11.8 Å². The predicted octanol–water partition coefficient (Wildman–Crippen LogP) is 4.10. The summed E-state index contributed by atoms with van der Waals surface area (Å²) in [6, 6.07) is 1.63. The summed E-state index contributed by atoms with van der Waals surface area (Å²) in [6.07, 6.45) is 14.2. The van der Waals surface area contributed by atoms with Gasteiger partial charge in [-0.05, 0) is 57.0 Å². The van der Waals surface area contributed by atoms with E-state index in [1.165, 1.54) is 77.3 Å².